The van der Waals surface area contributed by atoms with Crippen molar-refractivity contribution in [3.05, 3.63) is 0 Å². The van der Waals surface area contributed by atoms with Crippen LogP contribution >= 0.6 is 0 Å². The number of carbonyl (C=O) groups excluding carboxylic acids is 1. The maximum Gasteiger partial charge on any atom is 0.233 e. The average Bonchev–Trinajstić information content (AvgIpc) is 2.36. The summed E-state index contributed by atoms with van der Waals surface area (Å²) >= 11 is 0. The van der Waals surface area contributed by atoms with Crippen molar-refractivity contribution in [2.75, 3.05) is 66.1 Å². The van der Waals surface area contributed by atoms with E-state index in [0.717, 1.165) is 32.7 Å². The van der Waals surface area contributed by atoms with Crippen LogP contribution in [0.4, 0.5) is 0 Å². The Morgan fingerprint density at radius 1 is 1.24 bits per heavy atom. The molecule has 1 aliphatic heterocycles. The summed E-state index contributed by atoms with van der Waals surface area (Å²) in [5.41, 5.74) is 0. The Morgan fingerprint density at radius 3 is 2.47 bits per heavy atom. The fraction of sp³-hybridized carbons (Fsp3) is 0.909. The van der Waals surface area contributed by atoms with Gasteiger partial charge < -0.3 is 15.2 Å². The van der Waals surface area contributed by atoms with Gasteiger partial charge in [0.05, 0.1) is 26.4 Å². The number of aliphatic hydroxyl groups excluding tert-OH is 1. The predicted octanol–water partition coefficient (Wildman–Crippen LogP) is -1.64. The zero-order chi connectivity index (χ0) is 12.5. The van der Waals surface area contributed by atoms with Crippen LogP contribution in [0.2, 0.25) is 0 Å². The summed E-state index contributed by atoms with van der Waals surface area (Å²) in [6.07, 6.45) is 0. The van der Waals surface area contributed by atoms with E-state index in [9.17, 15) is 4.79 Å². The molecular weight excluding hydrogens is 222 g/mol. The molecule has 6 heteroatoms. The summed E-state index contributed by atoms with van der Waals surface area (Å²) in [6.45, 7) is 6.34. The summed E-state index contributed by atoms with van der Waals surface area (Å²) in [4.78, 5) is 15.7. The van der Waals surface area contributed by atoms with E-state index in [1.165, 1.54) is 0 Å². The van der Waals surface area contributed by atoms with E-state index < -0.39 is 0 Å². The molecule has 0 atom stereocenters. The maximum atomic E-state index is 11.2. The monoisotopic (exact) mass is 245 g/mol. The van der Waals surface area contributed by atoms with E-state index >= 15 is 0 Å². The second-order valence-corrected chi connectivity index (χ2v) is 4.13. The largest absolute Gasteiger partial charge is 0.394 e. The van der Waals surface area contributed by atoms with Gasteiger partial charge in [0.15, 0.2) is 0 Å². The lowest BCUT2D eigenvalue weighted by Gasteiger charge is -2.34. The van der Waals surface area contributed by atoms with Crippen LogP contribution in [0, 0.1) is 0 Å². The molecule has 1 aliphatic rings. The third-order valence-electron chi connectivity index (χ3n) is 2.90. The van der Waals surface area contributed by atoms with Gasteiger partial charge in [0.1, 0.15) is 0 Å². The quantitative estimate of drug-likeness (QED) is 0.527. The van der Waals surface area contributed by atoms with E-state index in [-0.39, 0.29) is 12.5 Å². The van der Waals surface area contributed by atoms with Gasteiger partial charge in [-0.1, -0.05) is 0 Å². The zero-order valence-electron chi connectivity index (χ0n) is 10.5. The Bertz CT molecular complexity index is 218. The fourth-order valence-corrected chi connectivity index (χ4v) is 1.81. The van der Waals surface area contributed by atoms with Crippen LogP contribution in [0.25, 0.3) is 0 Å². The molecule has 100 valence electrons. The maximum absolute atomic E-state index is 11.2. The molecule has 1 heterocycles. The van der Waals surface area contributed by atoms with E-state index in [1.54, 1.807) is 7.05 Å². The molecule has 0 aromatic carbocycles. The van der Waals surface area contributed by atoms with Gasteiger partial charge in [-0.25, -0.2) is 0 Å². The van der Waals surface area contributed by atoms with E-state index in [1.807, 2.05) is 0 Å². The van der Waals surface area contributed by atoms with Crippen molar-refractivity contribution in [1.29, 1.82) is 0 Å². The lowest BCUT2D eigenvalue weighted by molar-refractivity contribution is -0.122. The molecule has 0 saturated carbocycles. The molecule has 1 rings (SSSR count). The second-order valence-electron chi connectivity index (χ2n) is 4.13. The number of nitrogens with one attached hydrogen (secondary N) is 1. The number of likely N-dealkylation sites (N-methyl/N-ethyl adjacent to an activating group) is 1. The van der Waals surface area contributed by atoms with E-state index in [2.05, 4.69) is 15.1 Å². The fourth-order valence-electron chi connectivity index (χ4n) is 1.81. The minimum Gasteiger partial charge on any atom is -0.394 e. The highest BCUT2D eigenvalue weighted by molar-refractivity contribution is 5.77. The highest BCUT2D eigenvalue weighted by atomic mass is 16.5. The molecule has 1 fully saturated rings. The summed E-state index contributed by atoms with van der Waals surface area (Å²) in [5, 5.41) is 11.2. The molecule has 0 aliphatic carbocycles. The minimum absolute atomic E-state index is 0.0738. The number of hydrogen-bond donors (Lipinski definition) is 2. The molecule has 0 spiro atoms. The van der Waals surface area contributed by atoms with Gasteiger partial charge in [0, 0.05) is 39.8 Å². The van der Waals surface area contributed by atoms with Crippen LogP contribution in [-0.4, -0.2) is 87.0 Å². The van der Waals surface area contributed by atoms with E-state index in [4.69, 9.17) is 9.84 Å². The number of rotatable bonds is 7. The summed E-state index contributed by atoms with van der Waals surface area (Å²) in [5.74, 6) is 0.0738. The zero-order valence-corrected chi connectivity index (χ0v) is 10.5. The Balaban J connectivity index is 2.07. The number of nitrogens with zero attached hydrogens (tertiary/aromatic N) is 2. The van der Waals surface area contributed by atoms with Gasteiger partial charge in [-0.15, -0.1) is 0 Å². The number of piperazine rings is 1. The molecule has 17 heavy (non-hydrogen) atoms. The molecule has 1 saturated heterocycles. The SMILES string of the molecule is CNC(=O)CN1CCN(CCOCCO)CC1. The van der Waals surface area contributed by atoms with Crippen LogP contribution < -0.4 is 5.32 Å². The van der Waals surface area contributed by atoms with Crippen molar-refractivity contribution < 1.29 is 14.6 Å². The molecule has 0 aromatic heterocycles. The van der Waals surface area contributed by atoms with Gasteiger partial charge in [-0.3, -0.25) is 14.6 Å². The van der Waals surface area contributed by atoms with Crippen molar-refractivity contribution in [3.63, 3.8) is 0 Å². The predicted molar refractivity (Wildman–Crippen MR) is 64.9 cm³/mol. The van der Waals surface area contributed by atoms with Gasteiger partial charge in [0.25, 0.3) is 0 Å². The standard InChI is InChI=1S/C11H23N3O3/c1-12-11(16)10-14-4-2-13(3-5-14)6-8-17-9-7-15/h15H,2-10H2,1H3,(H,12,16). The lowest BCUT2D eigenvalue weighted by atomic mass is 10.3. The third kappa shape index (κ3) is 5.97. The molecule has 0 aromatic rings. The smallest absolute Gasteiger partial charge is 0.233 e. The van der Waals surface area contributed by atoms with Gasteiger partial charge >= 0.3 is 0 Å². The highest BCUT2D eigenvalue weighted by Crippen LogP contribution is 2.00. The molecule has 2 N–H and O–H groups in total. The molecule has 0 unspecified atom stereocenters. The first-order valence-corrected chi connectivity index (χ1v) is 6.10. The Morgan fingerprint density at radius 2 is 1.88 bits per heavy atom. The average molecular weight is 245 g/mol. The normalized spacial score (nSPS) is 18.2. The summed E-state index contributed by atoms with van der Waals surface area (Å²) in [6, 6.07) is 0. The highest BCUT2D eigenvalue weighted by Gasteiger charge is 2.17. The van der Waals surface area contributed by atoms with E-state index in [0.29, 0.717) is 19.8 Å². The van der Waals surface area contributed by atoms with Crippen LogP contribution in [0.3, 0.4) is 0 Å². The molecular formula is C11H23N3O3. The molecule has 0 bridgehead atoms. The van der Waals surface area contributed by atoms with Crippen molar-refractivity contribution >= 4 is 5.91 Å². The van der Waals surface area contributed by atoms with Crippen LogP contribution in [-0.2, 0) is 9.53 Å². The minimum atomic E-state index is 0.0738. The van der Waals surface area contributed by atoms with Gasteiger partial charge in [-0.05, 0) is 0 Å². The second kappa shape index (κ2) is 8.41. The first kappa shape index (κ1) is 14.4. The Kier molecular flexibility index (Phi) is 7.11. The van der Waals surface area contributed by atoms with Crippen LogP contribution in [0.5, 0.6) is 0 Å². The first-order chi connectivity index (χ1) is 8.26. The number of aliphatic hydroxyl groups is 1. The van der Waals surface area contributed by atoms with Gasteiger partial charge in [-0.2, -0.15) is 0 Å². The van der Waals surface area contributed by atoms with Crippen molar-refractivity contribution in [3.8, 4) is 0 Å². The molecule has 1 amide bonds. The van der Waals surface area contributed by atoms with Crippen LogP contribution in [0.15, 0.2) is 0 Å². The van der Waals surface area contributed by atoms with Crippen LogP contribution in [0.1, 0.15) is 0 Å². The first-order valence-electron chi connectivity index (χ1n) is 6.10. The molecule has 0 radical (unpaired) electrons. The number of amides is 1. The number of ether oxygens (including phenoxy) is 1. The Hall–Kier alpha value is -0.690. The van der Waals surface area contributed by atoms with Gasteiger partial charge in [0.2, 0.25) is 5.91 Å². The number of carbonyl (C=O) groups is 1. The number of hydrogen-bond acceptors (Lipinski definition) is 5. The van der Waals surface area contributed by atoms with Crippen molar-refractivity contribution in [1.82, 2.24) is 15.1 Å². The van der Waals surface area contributed by atoms with Crippen molar-refractivity contribution in [2.45, 2.75) is 0 Å². The van der Waals surface area contributed by atoms with Crippen molar-refractivity contribution in [2.24, 2.45) is 0 Å². The lowest BCUT2D eigenvalue weighted by Crippen LogP contribution is -2.49. The Labute approximate surface area is 103 Å². The topological polar surface area (TPSA) is 65.0 Å². The summed E-state index contributed by atoms with van der Waals surface area (Å²) in [7, 11) is 1.66. The summed E-state index contributed by atoms with van der Waals surface area (Å²) < 4.78 is 5.22. The third-order valence-corrected chi connectivity index (χ3v) is 2.90. The molecule has 6 nitrogen and oxygen atoms in total.